The van der Waals surface area contributed by atoms with Crippen molar-refractivity contribution in [3.63, 3.8) is 0 Å². The maximum absolute atomic E-state index is 12.1. The molecule has 0 atom stereocenters. The van der Waals surface area contributed by atoms with Crippen LogP contribution in [0.1, 0.15) is 18.4 Å². The third-order valence-corrected chi connectivity index (χ3v) is 4.24. The fraction of sp³-hybridized carbons (Fsp3) is 0.467. The summed E-state index contributed by atoms with van der Waals surface area (Å²) in [6.45, 7) is 3.25. The molecule has 1 aliphatic carbocycles. The van der Waals surface area contributed by atoms with Crippen LogP contribution in [0.25, 0.3) is 10.9 Å². The van der Waals surface area contributed by atoms with Crippen LogP contribution < -0.4 is 0 Å². The Labute approximate surface area is 117 Å². The monoisotopic (exact) mass is 270 g/mol. The number of aromatic nitrogens is 2. The van der Waals surface area contributed by atoms with Crippen molar-refractivity contribution in [2.24, 2.45) is 0 Å². The number of amides is 1. The summed E-state index contributed by atoms with van der Waals surface area (Å²) in [5.41, 5.74) is 2.29. The summed E-state index contributed by atoms with van der Waals surface area (Å²) in [7, 11) is 0. The van der Waals surface area contributed by atoms with Gasteiger partial charge in [0.15, 0.2) is 0 Å². The average Bonchev–Trinajstić information content (AvgIpc) is 3.16. The number of carbonyl (C=O) groups is 1. The van der Waals surface area contributed by atoms with Crippen molar-refractivity contribution in [1.29, 1.82) is 0 Å². The van der Waals surface area contributed by atoms with Crippen LogP contribution in [0.4, 0.5) is 0 Å². The van der Waals surface area contributed by atoms with Gasteiger partial charge in [0, 0.05) is 31.1 Å². The van der Waals surface area contributed by atoms with Crippen molar-refractivity contribution in [3.8, 4) is 0 Å². The molecule has 1 N–H and O–H groups in total. The molecule has 5 nitrogen and oxygen atoms in total. The van der Waals surface area contributed by atoms with Crippen LogP contribution >= 0.6 is 0 Å². The molecule has 2 aromatic rings. The number of hydrogen-bond acceptors (Lipinski definition) is 3. The average molecular weight is 270 g/mol. The van der Waals surface area contributed by atoms with Gasteiger partial charge in [0.25, 0.3) is 0 Å². The molecule has 1 aliphatic heterocycles. The van der Waals surface area contributed by atoms with Crippen LogP contribution in [0.5, 0.6) is 0 Å². The van der Waals surface area contributed by atoms with Crippen LogP contribution in [0, 0.1) is 0 Å². The minimum Gasteiger partial charge on any atom is -0.337 e. The lowest BCUT2D eigenvalue weighted by Crippen LogP contribution is -2.50. The quantitative estimate of drug-likeness (QED) is 0.916. The van der Waals surface area contributed by atoms with Gasteiger partial charge in [-0.2, -0.15) is 5.10 Å². The Morgan fingerprint density at radius 1 is 1.30 bits per heavy atom. The number of carbonyl (C=O) groups excluding carboxylic acids is 1. The molecule has 1 aromatic carbocycles. The van der Waals surface area contributed by atoms with E-state index < -0.39 is 0 Å². The molecule has 0 unspecified atom stereocenters. The number of fused-ring (bicyclic) bond motifs is 1. The van der Waals surface area contributed by atoms with Crippen molar-refractivity contribution in [2.45, 2.75) is 25.4 Å². The smallest absolute Gasteiger partial charge is 0.237 e. The second-order valence-corrected chi connectivity index (χ2v) is 5.82. The first kappa shape index (κ1) is 11.9. The second-order valence-electron chi connectivity index (χ2n) is 5.82. The van der Waals surface area contributed by atoms with Crippen molar-refractivity contribution in [2.75, 3.05) is 19.6 Å². The van der Waals surface area contributed by atoms with E-state index in [1.165, 1.54) is 18.4 Å². The molecule has 0 bridgehead atoms. The molecule has 1 saturated heterocycles. The number of aromatic amines is 1. The predicted octanol–water partition coefficient (Wildman–Crippen LogP) is 1.37. The Bertz CT molecular complexity index is 646. The van der Waals surface area contributed by atoms with Gasteiger partial charge in [-0.25, -0.2) is 0 Å². The summed E-state index contributed by atoms with van der Waals surface area (Å²) in [6, 6.07) is 6.87. The summed E-state index contributed by atoms with van der Waals surface area (Å²) in [4.78, 5) is 16.4. The fourth-order valence-corrected chi connectivity index (χ4v) is 2.98. The first-order valence-corrected chi connectivity index (χ1v) is 7.23. The van der Waals surface area contributed by atoms with E-state index in [1.54, 1.807) is 0 Å². The van der Waals surface area contributed by atoms with Gasteiger partial charge in [0.1, 0.15) is 0 Å². The maximum atomic E-state index is 12.1. The number of nitrogens with zero attached hydrogens (tertiary/aromatic N) is 3. The topological polar surface area (TPSA) is 52.2 Å². The van der Waals surface area contributed by atoms with E-state index in [0.717, 1.165) is 30.5 Å². The van der Waals surface area contributed by atoms with E-state index >= 15 is 0 Å². The number of H-pyrrole nitrogens is 1. The third kappa shape index (κ3) is 2.18. The van der Waals surface area contributed by atoms with E-state index in [0.29, 0.717) is 18.5 Å². The molecule has 2 heterocycles. The maximum Gasteiger partial charge on any atom is 0.237 e. The Hall–Kier alpha value is -1.88. The van der Waals surface area contributed by atoms with Crippen LogP contribution in [0.2, 0.25) is 0 Å². The van der Waals surface area contributed by atoms with Crippen LogP contribution in [0.15, 0.2) is 24.4 Å². The van der Waals surface area contributed by atoms with Crippen LogP contribution in [-0.2, 0) is 11.3 Å². The molecular weight excluding hydrogens is 252 g/mol. The molecule has 1 saturated carbocycles. The van der Waals surface area contributed by atoms with Crippen molar-refractivity contribution in [1.82, 2.24) is 20.0 Å². The molecule has 1 amide bonds. The van der Waals surface area contributed by atoms with Gasteiger partial charge in [-0.1, -0.05) is 12.1 Å². The number of rotatable bonds is 3. The molecular formula is C15H18N4O. The molecule has 104 valence electrons. The number of piperazine rings is 1. The summed E-state index contributed by atoms with van der Waals surface area (Å²) < 4.78 is 0. The van der Waals surface area contributed by atoms with Gasteiger partial charge in [0.05, 0.1) is 18.3 Å². The minimum atomic E-state index is 0.293. The molecule has 1 aromatic heterocycles. The second kappa shape index (κ2) is 4.59. The predicted molar refractivity (Wildman–Crippen MR) is 76.1 cm³/mol. The van der Waals surface area contributed by atoms with Gasteiger partial charge < -0.3 is 4.90 Å². The Morgan fingerprint density at radius 3 is 3.00 bits per heavy atom. The molecule has 0 radical (unpaired) electrons. The lowest BCUT2D eigenvalue weighted by molar-refractivity contribution is -0.136. The van der Waals surface area contributed by atoms with E-state index in [-0.39, 0.29) is 0 Å². The highest BCUT2D eigenvalue weighted by Gasteiger charge is 2.35. The lowest BCUT2D eigenvalue weighted by Gasteiger charge is -2.34. The number of benzene rings is 1. The number of nitrogens with one attached hydrogen (secondary N) is 1. The molecule has 20 heavy (non-hydrogen) atoms. The SMILES string of the molecule is O=C1CN(Cc2ccc3cn[nH]c3c2)CCN1C1CC1. The van der Waals surface area contributed by atoms with E-state index in [1.807, 2.05) is 6.20 Å². The highest BCUT2D eigenvalue weighted by Crippen LogP contribution is 2.28. The van der Waals surface area contributed by atoms with Crippen molar-refractivity contribution in [3.05, 3.63) is 30.0 Å². The zero-order valence-electron chi connectivity index (χ0n) is 11.4. The summed E-state index contributed by atoms with van der Waals surface area (Å²) in [6.07, 6.45) is 4.22. The first-order chi connectivity index (χ1) is 9.79. The van der Waals surface area contributed by atoms with Crippen LogP contribution in [0.3, 0.4) is 0 Å². The van der Waals surface area contributed by atoms with Gasteiger partial charge in [-0.05, 0) is 24.5 Å². The van der Waals surface area contributed by atoms with Gasteiger partial charge in [-0.15, -0.1) is 0 Å². The third-order valence-electron chi connectivity index (χ3n) is 4.24. The fourth-order valence-electron chi connectivity index (χ4n) is 2.98. The van der Waals surface area contributed by atoms with Gasteiger partial charge in [0.2, 0.25) is 5.91 Å². The van der Waals surface area contributed by atoms with E-state index in [2.05, 4.69) is 38.2 Å². The van der Waals surface area contributed by atoms with Gasteiger partial charge >= 0.3 is 0 Å². The Morgan fingerprint density at radius 2 is 2.20 bits per heavy atom. The first-order valence-electron chi connectivity index (χ1n) is 7.23. The summed E-state index contributed by atoms with van der Waals surface area (Å²) >= 11 is 0. The zero-order valence-corrected chi connectivity index (χ0v) is 11.4. The molecule has 4 rings (SSSR count). The molecule has 0 spiro atoms. The van der Waals surface area contributed by atoms with E-state index in [9.17, 15) is 4.79 Å². The Balaban J connectivity index is 1.44. The molecule has 5 heteroatoms. The highest BCUT2D eigenvalue weighted by atomic mass is 16.2. The number of hydrogen-bond donors (Lipinski definition) is 1. The molecule has 2 fully saturated rings. The largest absolute Gasteiger partial charge is 0.337 e. The standard InChI is InChI=1S/C15H18N4O/c20-15-10-18(5-6-19(15)13-3-4-13)9-11-1-2-12-8-16-17-14(12)7-11/h1-2,7-8,13H,3-6,9-10H2,(H,16,17). The summed E-state index contributed by atoms with van der Waals surface area (Å²) in [5.74, 6) is 0.293. The zero-order chi connectivity index (χ0) is 13.5. The minimum absolute atomic E-state index is 0.293. The summed E-state index contributed by atoms with van der Waals surface area (Å²) in [5, 5.41) is 8.16. The molecule has 2 aliphatic rings. The van der Waals surface area contributed by atoms with Crippen molar-refractivity contribution < 1.29 is 4.79 Å². The lowest BCUT2D eigenvalue weighted by atomic mass is 10.1. The van der Waals surface area contributed by atoms with Gasteiger partial charge in [-0.3, -0.25) is 14.8 Å². The normalized spacial score (nSPS) is 20.8. The van der Waals surface area contributed by atoms with E-state index in [4.69, 9.17) is 0 Å². The van der Waals surface area contributed by atoms with Crippen LogP contribution in [-0.4, -0.2) is 51.6 Å². The highest BCUT2D eigenvalue weighted by molar-refractivity contribution is 5.80. The van der Waals surface area contributed by atoms with Crippen molar-refractivity contribution >= 4 is 16.8 Å². The Kier molecular flexibility index (Phi) is 2.73.